The molecule has 14 heteroatoms. The van der Waals surface area contributed by atoms with Crippen LogP contribution in [0.15, 0.2) is 42.9 Å². The van der Waals surface area contributed by atoms with Crippen molar-refractivity contribution in [3.05, 3.63) is 54.1 Å². The van der Waals surface area contributed by atoms with Gasteiger partial charge in [-0.05, 0) is 30.7 Å². The molecule has 1 aliphatic carbocycles. The first-order valence-corrected chi connectivity index (χ1v) is 18.4. The molecular weight excluding hydrogens is 594 g/mol. The number of aromatic nitrogens is 2. The molecule has 1 heterocycles. The lowest BCUT2D eigenvalue weighted by Crippen LogP contribution is -2.57. The number of hydrogen-bond donors (Lipinski definition) is 6. The van der Waals surface area contributed by atoms with E-state index in [-0.39, 0.29) is 31.1 Å². The molecule has 3 rings (SSSR count). The summed E-state index contributed by atoms with van der Waals surface area (Å²) in [4.78, 5) is 20.5. The van der Waals surface area contributed by atoms with Gasteiger partial charge in [-0.3, -0.25) is 4.79 Å². The Labute approximate surface area is 255 Å². The number of amides is 1. The van der Waals surface area contributed by atoms with Gasteiger partial charge < -0.3 is 20.5 Å². The summed E-state index contributed by atoms with van der Waals surface area (Å²) >= 11 is 0. The Bertz CT molecular complexity index is 1300. The molecule has 2 aromatic rings. The molecule has 1 saturated carbocycles. The molecule has 0 aliphatic heterocycles. The summed E-state index contributed by atoms with van der Waals surface area (Å²) in [6.45, 7) is 2.15. The minimum Gasteiger partial charge on any atom is -0.389 e. The second-order valence-corrected chi connectivity index (χ2v) is 15.2. The Hall–Kier alpha value is -2.36. The van der Waals surface area contributed by atoms with Gasteiger partial charge in [0.1, 0.15) is 12.1 Å². The average molecular weight is 642 g/mol. The quantitative estimate of drug-likeness (QED) is 0.124. The first-order valence-electron chi connectivity index (χ1n) is 15.1. The fraction of sp³-hybridized carbons (Fsp3) is 0.655. The highest BCUT2D eigenvalue weighted by Crippen LogP contribution is 2.28. The molecule has 1 amide bonds. The van der Waals surface area contributed by atoms with Crippen LogP contribution in [0.2, 0.25) is 0 Å². The summed E-state index contributed by atoms with van der Waals surface area (Å²) < 4.78 is 56.1. The summed E-state index contributed by atoms with van der Waals surface area (Å²) in [5.74, 6) is -1.49. The van der Waals surface area contributed by atoms with Crippen molar-refractivity contribution in [3.8, 4) is 0 Å². The number of benzene rings is 1. The highest BCUT2D eigenvalue weighted by atomic mass is 32.2. The highest BCUT2D eigenvalue weighted by molar-refractivity contribution is 7.89. The average Bonchev–Trinajstić information content (AvgIpc) is 3.49. The number of sulfonamides is 2. The van der Waals surface area contributed by atoms with Crippen molar-refractivity contribution in [3.63, 3.8) is 0 Å². The van der Waals surface area contributed by atoms with Crippen LogP contribution in [0.4, 0.5) is 0 Å². The Balaban J connectivity index is 1.76. The molecule has 6 N–H and O–H groups in total. The topological polar surface area (TPSA) is 191 Å². The Kier molecular flexibility index (Phi) is 14.1. The summed E-state index contributed by atoms with van der Waals surface area (Å²) in [5, 5.41) is 24.7. The number of imidazole rings is 1. The normalized spacial score (nSPS) is 17.7. The van der Waals surface area contributed by atoms with E-state index in [1.54, 1.807) is 0 Å². The number of nitrogens with one attached hydrogen (secondary N) is 4. The van der Waals surface area contributed by atoms with E-state index in [0.717, 1.165) is 44.1 Å². The van der Waals surface area contributed by atoms with Crippen molar-refractivity contribution in [2.45, 2.75) is 95.4 Å². The van der Waals surface area contributed by atoms with Gasteiger partial charge in [-0.2, -0.15) is 0 Å². The van der Waals surface area contributed by atoms with Gasteiger partial charge in [0.2, 0.25) is 26.0 Å². The molecule has 0 bridgehead atoms. The fourth-order valence-electron chi connectivity index (χ4n) is 5.38. The lowest BCUT2D eigenvalue weighted by molar-refractivity contribution is -0.125. The zero-order chi connectivity index (χ0) is 31.3. The minimum atomic E-state index is -3.91. The summed E-state index contributed by atoms with van der Waals surface area (Å²) in [5.41, 5.74) is 1.37. The molecule has 0 saturated heterocycles. The van der Waals surface area contributed by atoms with Gasteiger partial charge in [0.25, 0.3) is 0 Å². The predicted octanol–water partition coefficient (Wildman–Crippen LogP) is 1.38. The van der Waals surface area contributed by atoms with Crippen LogP contribution in [0.25, 0.3) is 0 Å². The third-order valence-electron chi connectivity index (χ3n) is 7.81. The van der Waals surface area contributed by atoms with Crippen molar-refractivity contribution in [2.75, 3.05) is 18.1 Å². The van der Waals surface area contributed by atoms with E-state index in [2.05, 4.69) is 24.7 Å². The zero-order valence-electron chi connectivity index (χ0n) is 24.8. The standard InChI is InChI=1S/C29H47N5O7S2/c1-2-3-15-32-43(40,41)20-27(35)28(36)25(17-23-12-8-5-9-13-23)33-29(37)26(18-24-19-30-21-31-24)34-42(38,39)16-14-22-10-6-4-7-11-22/h4,6-7,10-11,19,21,23,25-28,32,34-36H,2-3,5,8-9,12-18,20H2,1H3,(H,30,31)(H,33,37)/t25-,26-,27+,28+/m0/s1. The van der Waals surface area contributed by atoms with Crippen LogP contribution in [-0.4, -0.2) is 85.3 Å². The Morgan fingerprint density at radius 1 is 1.07 bits per heavy atom. The Morgan fingerprint density at radius 3 is 2.44 bits per heavy atom. The number of carbonyl (C=O) groups excluding carboxylic acids is 1. The van der Waals surface area contributed by atoms with Gasteiger partial charge in [0.05, 0.1) is 30.0 Å². The van der Waals surface area contributed by atoms with E-state index in [9.17, 15) is 31.8 Å². The van der Waals surface area contributed by atoms with Gasteiger partial charge in [0.15, 0.2) is 0 Å². The van der Waals surface area contributed by atoms with Gasteiger partial charge in [-0.15, -0.1) is 0 Å². The number of aliphatic hydroxyl groups is 2. The molecule has 4 atom stereocenters. The fourth-order valence-corrected chi connectivity index (χ4v) is 7.85. The van der Waals surface area contributed by atoms with Crippen molar-refractivity contribution >= 4 is 26.0 Å². The lowest BCUT2D eigenvalue weighted by atomic mass is 9.83. The second kappa shape index (κ2) is 17.2. The van der Waals surface area contributed by atoms with Gasteiger partial charge >= 0.3 is 0 Å². The second-order valence-electron chi connectivity index (χ2n) is 11.4. The molecule has 1 aromatic heterocycles. The van der Waals surface area contributed by atoms with E-state index in [1.807, 2.05) is 37.3 Å². The Morgan fingerprint density at radius 2 is 1.79 bits per heavy atom. The maximum atomic E-state index is 13.7. The number of aryl methyl sites for hydroxylation is 1. The maximum Gasteiger partial charge on any atom is 0.238 e. The summed E-state index contributed by atoms with van der Waals surface area (Å²) in [7, 11) is -7.78. The molecule has 0 radical (unpaired) electrons. The number of hydrogen-bond acceptors (Lipinski definition) is 8. The van der Waals surface area contributed by atoms with Gasteiger partial charge in [0, 0.05) is 24.9 Å². The lowest BCUT2D eigenvalue weighted by Gasteiger charge is -2.33. The molecule has 43 heavy (non-hydrogen) atoms. The first-order chi connectivity index (χ1) is 20.5. The van der Waals surface area contributed by atoms with E-state index >= 15 is 0 Å². The van der Waals surface area contributed by atoms with Gasteiger partial charge in [-0.1, -0.05) is 75.8 Å². The number of rotatable bonds is 19. The number of aliphatic hydroxyl groups excluding tert-OH is 2. The molecule has 0 spiro atoms. The van der Waals surface area contributed by atoms with E-state index in [4.69, 9.17) is 0 Å². The number of unbranched alkanes of at least 4 members (excludes halogenated alkanes) is 1. The van der Waals surface area contributed by atoms with E-state index in [1.165, 1.54) is 12.5 Å². The minimum absolute atomic E-state index is 0.0269. The molecule has 0 unspecified atom stereocenters. The van der Waals surface area contributed by atoms with Crippen LogP contribution in [0.3, 0.4) is 0 Å². The van der Waals surface area contributed by atoms with Crippen LogP contribution < -0.4 is 14.8 Å². The van der Waals surface area contributed by atoms with E-state index < -0.39 is 56.0 Å². The van der Waals surface area contributed by atoms with Crippen LogP contribution in [0, 0.1) is 5.92 Å². The largest absolute Gasteiger partial charge is 0.389 e. The molecule has 1 aromatic carbocycles. The summed E-state index contributed by atoms with van der Waals surface area (Å²) in [6, 6.07) is 6.91. The molecule has 1 aliphatic rings. The van der Waals surface area contributed by atoms with Crippen molar-refractivity contribution in [2.24, 2.45) is 5.92 Å². The number of H-pyrrole nitrogens is 1. The molecule has 242 valence electrons. The smallest absolute Gasteiger partial charge is 0.238 e. The molecule has 12 nitrogen and oxygen atoms in total. The maximum absolute atomic E-state index is 13.7. The third kappa shape index (κ3) is 12.6. The zero-order valence-corrected chi connectivity index (χ0v) is 26.5. The third-order valence-corrected chi connectivity index (χ3v) is 10.6. The van der Waals surface area contributed by atoms with E-state index in [0.29, 0.717) is 18.5 Å². The number of carbonyl (C=O) groups is 1. The number of nitrogens with zero attached hydrogens (tertiary/aromatic N) is 1. The van der Waals surface area contributed by atoms with Crippen molar-refractivity contribution in [1.82, 2.24) is 24.7 Å². The van der Waals surface area contributed by atoms with Crippen LogP contribution in [0.5, 0.6) is 0 Å². The van der Waals surface area contributed by atoms with Crippen LogP contribution >= 0.6 is 0 Å². The van der Waals surface area contributed by atoms with Crippen molar-refractivity contribution < 1.29 is 31.8 Å². The predicted molar refractivity (Wildman–Crippen MR) is 165 cm³/mol. The van der Waals surface area contributed by atoms with Gasteiger partial charge in [-0.25, -0.2) is 31.3 Å². The summed E-state index contributed by atoms with van der Waals surface area (Å²) in [6.07, 6.45) is 6.52. The SMILES string of the molecule is CCCCNS(=O)(=O)C[C@@H](O)[C@H](O)[C@H](CC1CCCCC1)NC(=O)[C@H](Cc1cnc[nH]1)NS(=O)(=O)CCc1ccccc1. The highest BCUT2D eigenvalue weighted by Gasteiger charge is 2.35. The van der Waals surface area contributed by atoms with Crippen LogP contribution in [-0.2, 0) is 37.7 Å². The number of aromatic amines is 1. The van der Waals surface area contributed by atoms with Crippen LogP contribution in [0.1, 0.15) is 69.5 Å². The monoisotopic (exact) mass is 641 g/mol. The molecule has 1 fully saturated rings. The molecular formula is C29H47N5O7S2. The van der Waals surface area contributed by atoms with Crippen molar-refractivity contribution in [1.29, 1.82) is 0 Å². The first kappa shape index (κ1) is 35.1.